The molecule has 2 aromatic rings. The van der Waals surface area contributed by atoms with Gasteiger partial charge in [0.15, 0.2) is 0 Å². The minimum Gasteiger partial charge on any atom is -0.378 e. The van der Waals surface area contributed by atoms with Gasteiger partial charge in [0.25, 0.3) is 5.91 Å². The van der Waals surface area contributed by atoms with Gasteiger partial charge in [0.1, 0.15) is 5.60 Å². The predicted molar refractivity (Wildman–Crippen MR) is 117 cm³/mol. The van der Waals surface area contributed by atoms with E-state index >= 15 is 0 Å². The second-order valence-electron chi connectivity index (χ2n) is 8.01. The number of benzene rings is 2. The highest BCUT2D eigenvalue weighted by molar-refractivity contribution is 6.31. The molecule has 1 saturated heterocycles. The summed E-state index contributed by atoms with van der Waals surface area (Å²) in [6.07, 6.45) is 1.82. The van der Waals surface area contributed by atoms with E-state index in [0.717, 1.165) is 43.1 Å². The lowest BCUT2D eigenvalue weighted by atomic mass is 10.0. The number of aliphatic hydroxyl groups is 1. The normalized spacial score (nSPS) is 15.4. The van der Waals surface area contributed by atoms with E-state index in [1.54, 1.807) is 26.0 Å². The molecule has 29 heavy (non-hydrogen) atoms. The van der Waals surface area contributed by atoms with Gasteiger partial charge in [-0.2, -0.15) is 0 Å². The quantitative estimate of drug-likeness (QED) is 0.752. The van der Waals surface area contributed by atoms with E-state index in [2.05, 4.69) is 28.1 Å². The Bertz CT molecular complexity index is 916. The van der Waals surface area contributed by atoms with Crippen molar-refractivity contribution in [3.8, 4) is 11.8 Å². The van der Waals surface area contributed by atoms with Crippen LogP contribution >= 0.6 is 11.6 Å². The highest BCUT2D eigenvalue weighted by Crippen LogP contribution is 2.20. The van der Waals surface area contributed by atoms with Crippen LogP contribution in [0.4, 0.5) is 0 Å². The highest BCUT2D eigenvalue weighted by Gasteiger charge is 2.21. The molecule has 1 aliphatic heterocycles. The van der Waals surface area contributed by atoms with E-state index in [9.17, 15) is 9.90 Å². The maximum Gasteiger partial charge on any atom is 0.251 e. The van der Waals surface area contributed by atoms with Crippen LogP contribution in [0.3, 0.4) is 0 Å². The highest BCUT2D eigenvalue weighted by atomic mass is 35.5. The van der Waals surface area contributed by atoms with Gasteiger partial charge in [-0.25, -0.2) is 0 Å². The van der Waals surface area contributed by atoms with Crippen molar-refractivity contribution in [2.45, 2.75) is 44.9 Å². The maximum atomic E-state index is 12.6. The fourth-order valence-corrected chi connectivity index (χ4v) is 3.53. The Labute approximate surface area is 177 Å². The van der Waals surface area contributed by atoms with Crippen molar-refractivity contribution in [1.82, 2.24) is 10.2 Å². The molecule has 0 saturated carbocycles. The summed E-state index contributed by atoms with van der Waals surface area (Å²) in [5.74, 6) is 5.61. The van der Waals surface area contributed by atoms with Gasteiger partial charge in [0, 0.05) is 41.8 Å². The van der Waals surface area contributed by atoms with Crippen LogP contribution in [-0.2, 0) is 6.54 Å². The molecule has 2 aromatic carbocycles. The number of amides is 1. The third-order valence-corrected chi connectivity index (χ3v) is 5.28. The SMILES string of the molecule is CC(C)(O)C#Cc1cccc(C(=O)NC2CCN(Cc3ccccc3Cl)CC2)c1. The number of hydrogen-bond donors (Lipinski definition) is 2. The molecule has 152 valence electrons. The molecular formula is C24H27ClN2O2. The second-order valence-corrected chi connectivity index (χ2v) is 8.41. The van der Waals surface area contributed by atoms with Crippen LogP contribution in [0.1, 0.15) is 48.2 Å². The molecule has 0 aromatic heterocycles. The first-order valence-electron chi connectivity index (χ1n) is 9.92. The lowest BCUT2D eigenvalue weighted by molar-refractivity contribution is 0.0909. The summed E-state index contributed by atoms with van der Waals surface area (Å²) in [5, 5.41) is 13.7. The fourth-order valence-electron chi connectivity index (χ4n) is 3.33. The topological polar surface area (TPSA) is 52.6 Å². The Morgan fingerprint density at radius 1 is 1.21 bits per heavy atom. The molecule has 4 nitrogen and oxygen atoms in total. The van der Waals surface area contributed by atoms with Crippen molar-refractivity contribution in [1.29, 1.82) is 0 Å². The minimum absolute atomic E-state index is 0.0820. The van der Waals surface area contributed by atoms with Crippen molar-refractivity contribution in [3.63, 3.8) is 0 Å². The standard InChI is InChI=1S/C24H27ClN2O2/c1-24(2,29)13-10-18-6-5-8-19(16-18)23(28)26-21-11-14-27(15-12-21)17-20-7-3-4-9-22(20)25/h3-9,16,21,29H,11-12,14-15,17H2,1-2H3,(H,26,28). The molecule has 1 heterocycles. The van der Waals surface area contributed by atoms with Gasteiger partial charge in [-0.3, -0.25) is 9.69 Å². The number of nitrogens with one attached hydrogen (secondary N) is 1. The average Bonchev–Trinajstić information content (AvgIpc) is 2.69. The number of likely N-dealkylation sites (tertiary alicyclic amines) is 1. The molecular weight excluding hydrogens is 384 g/mol. The number of carbonyl (C=O) groups excluding carboxylic acids is 1. The number of nitrogens with zero attached hydrogens (tertiary/aromatic N) is 1. The van der Waals surface area contributed by atoms with E-state index in [4.69, 9.17) is 11.6 Å². The van der Waals surface area contributed by atoms with E-state index < -0.39 is 5.60 Å². The van der Waals surface area contributed by atoms with E-state index in [1.807, 2.05) is 30.3 Å². The summed E-state index contributed by atoms with van der Waals surface area (Å²) in [5.41, 5.74) is 1.39. The fraction of sp³-hybridized carbons (Fsp3) is 0.375. The van der Waals surface area contributed by atoms with Gasteiger partial charge >= 0.3 is 0 Å². The van der Waals surface area contributed by atoms with Gasteiger partial charge in [-0.15, -0.1) is 0 Å². The number of halogens is 1. The Kier molecular flexibility index (Phi) is 6.97. The number of hydrogen-bond acceptors (Lipinski definition) is 3. The lowest BCUT2D eigenvalue weighted by Gasteiger charge is -2.32. The minimum atomic E-state index is -1.06. The third kappa shape index (κ3) is 6.61. The molecule has 0 aliphatic carbocycles. The molecule has 1 aliphatic rings. The first-order valence-corrected chi connectivity index (χ1v) is 10.3. The Morgan fingerprint density at radius 3 is 2.62 bits per heavy atom. The number of carbonyl (C=O) groups is 1. The Morgan fingerprint density at radius 2 is 1.93 bits per heavy atom. The molecule has 5 heteroatoms. The van der Waals surface area contributed by atoms with Gasteiger partial charge in [-0.1, -0.05) is 47.7 Å². The maximum absolute atomic E-state index is 12.6. The van der Waals surface area contributed by atoms with E-state index in [1.165, 1.54) is 0 Å². The summed E-state index contributed by atoms with van der Waals surface area (Å²) in [7, 11) is 0. The number of piperidine rings is 1. The van der Waals surface area contributed by atoms with Crippen LogP contribution in [0.15, 0.2) is 48.5 Å². The van der Waals surface area contributed by atoms with Gasteiger partial charge in [-0.05, 0) is 56.5 Å². The van der Waals surface area contributed by atoms with Crippen LogP contribution in [0, 0.1) is 11.8 Å². The molecule has 0 unspecified atom stereocenters. The average molecular weight is 411 g/mol. The number of rotatable bonds is 4. The summed E-state index contributed by atoms with van der Waals surface area (Å²) in [6, 6.07) is 15.3. The van der Waals surface area contributed by atoms with Gasteiger partial charge < -0.3 is 10.4 Å². The Hall–Kier alpha value is -2.32. The largest absolute Gasteiger partial charge is 0.378 e. The first kappa shape index (κ1) is 21.4. The molecule has 2 N–H and O–H groups in total. The summed E-state index contributed by atoms with van der Waals surface area (Å²) in [6.45, 7) is 5.95. The van der Waals surface area contributed by atoms with Crippen molar-refractivity contribution in [2.75, 3.05) is 13.1 Å². The van der Waals surface area contributed by atoms with Crippen molar-refractivity contribution in [2.24, 2.45) is 0 Å². The van der Waals surface area contributed by atoms with Crippen LogP contribution < -0.4 is 5.32 Å². The zero-order valence-corrected chi connectivity index (χ0v) is 17.7. The monoisotopic (exact) mass is 410 g/mol. The van der Waals surface area contributed by atoms with Gasteiger partial charge in [0.05, 0.1) is 0 Å². The molecule has 0 atom stereocenters. The van der Waals surface area contributed by atoms with Crippen molar-refractivity contribution in [3.05, 3.63) is 70.2 Å². The zero-order valence-electron chi connectivity index (χ0n) is 16.9. The molecule has 1 fully saturated rings. The molecule has 0 bridgehead atoms. The Balaban J connectivity index is 1.53. The van der Waals surface area contributed by atoms with Crippen LogP contribution in [0.25, 0.3) is 0 Å². The van der Waals surface area contributed by atoms with Gasteiger partial charge in [0.2, 0.25) is 0 Å². The summed E-state index contributed by atoms with van der Waals surface area (Å²) in [4.78, 5) is 15.0. The van der Waals surface area contributed by atoms with E-state index in [-0.39, 0.29) is 11.9 Å². The van der Waals surface area contributed by atoms with Crippen LogP contribution in [0.2, 0.25) is 5.02 Å². The lowest BCUT2D eigenvalue weighted by Crippen LogP contribution is -2.44. The predicted octanol–water partition coefficient (Wildman–Crippen LogP) is 3.86. The van der Waals surface area contributed by atoms with Crippen molar-refractivity contribution < 1.29 is 9.90 Å². The smallest absolute Gasteiger partial charge is 0.251 e. The summed E-state index contributed by atoms with van der Waals surface area (Å²) < 4.78 is 0. The van der Waals surface area contributed by atoms with Crippen LogP contribution in [-0.4, -0.2) is 40.6 Å². The molecule has 3 rings (SSSR count). The third-order valence-electron chi connectivity index (χ3n) is 4.91. The molecule has 0 radical (unpaired) electrons. The van der Waals surface area contributed by atoms with Crippen LogP contribution in [0.5, 0.6) is 0 Å². The zero-order chi connectivity index (χ0) is 20.9. The first-order chi connectivity index (χ1) is 13.8. The van der Waals surface area contributed by atoms with E-state index in [0.29, 0.717) is 11.1 Å². The molecule has 1 amide bonds. The summed E-state index contributed by atoms with van der Waals surface area (Å²) >= 11 is 6.26. The molecule has 0 spiro atoms. The van der Waals surface area contributed by atoms with Crippen molar-refractivity contribution >= 4 is 17.5 Å². The second kappa shape index (κ2) is 9.45.